The Morgan fingerprint density at radius 3 is 1.31 bits per heavy atom. The minimum atomic E-state index is -4.57. The maximum Gasteiger partial charge on any atom is 0.494 e. The van der Waals surface area contributed by atoms with Gasteiger partial charge in [-0.2, -0.15) is 45.3 Å². The number of rotatable bonds is 15. The normalized spacial score (nSPS) is 16.4. The first-order chi connectivity index (χ1) is 43.5. The molecule has 7 heterocycles. The summed E-state index contributed by atoms with van der Waals surface area (Å²) in [6.45, 7) is 10.2. The number of aliphatic hydroxyl groups is 1. The van der Waals surface area contributed by atoms with E-state index >= 15 is 8.78 Å². The minimum Gasteiger partial charge on any atom is -0.399 e. The number of piperazine rings is 2. The van der Waals surface area contributed by atoms with Crippen LogP contribution in [-0.2, 0) is 40.5 Å². The Morgan fingerprint density at radius 1 is 0.521 bits per heavy atom. The number of aromatic nitrogens is 11. The van der Waals surface area contributed by atoms with Gasteiger partial charge in [-0.25, -0.2) is 41.5 Å². The molecule has 12 rings (SSSR count). The maximum absolute atomic E-state index is 16.1. The summed E-state index contributed by atoms with van der Waals surface area (Å²) in [5.74, 6) is -6.58. The summed E-state index contributed by atoms with van der Waals surface area (Å²) in [5, 5.41) is 28.8. The minimum absolute atomic E-state index is 0. The first-order valence-electron chi connectivity index (χ1n) is 29.0. The number of anilines is 4. The summed E-state index contributed by atoms with van der Waals surface area (Å²) >= 11 is 0. The Morgan fingerprint density at radius 2 is 0.926 bits per heavy atom. The Bertz CT molecular complexity index is 4100. The molecule has 3 aliphatic rings. The molecule has 0 saturated carbocycles. The van der Waals surface area contributed by atoms with Gasteiger partial charge in [-0.3, -0.25) is 4.98 Å². The van der Waals surface area contributed by atoms with E-state index in [2.05, 4.69) is 74.6 Å². The predicted octanol–water partition coefficient (Wildman–Crippen LogP) is 9.42. The lowest BCUT2D eigenvalue weighted by Gasteiger charge is -2.37. The average molecular weight is 1320 g/mol. The standard InChI is InChI=1S/C35H29F7N10O2.C26H31BF3N5O3.2CH4/c36-25-4-11-29(30(37)17-25)33(54,19-50-21-44-46-47-50)35(41,42)31-12-3-24(18-43-31)23-1-5-26(6-2-23)48-13-15-49(16-14-48)27-7-9-28(10-8-27)51-22-45-52(32(51)53)20-34(38,39)40;1-24(2)25(3,4)38-27(37-24)19-5-7-20(8-6-19)32-13-15-33(16-14-32)21-9-11-22(12-10-21)34-18-31-35(23(34)36)17-26(28,29)30;;/h1-12,17-18,21-22,54H,13-16,19-20H2;5-12,18H,13-17H2,1-4H3;2*1H4/t33-;;;/m0.../s1. The van der Waals surface area contributed by atoms with Gasteiger partial charge in [0.2, 0.25) is 0 Å². The fourth-order valence-electron chi connectivity index (χ4n) is 11.0. The van der Waals surface area contributed by atoms with E-state index in [9.17, 15) is 49.8 Å². The van der Waals surface area contributed by atoms with Crippen molar-refractivity contribution >= 4 is 35.3 Å². The van der Waals surface area contributed by atoms with E-state index in [-0.39, 0.29) is 33.2 Å². The maximum atomic E-state index is 16.1. The molecule has 9 aromatic rings. The molecule has 3 fully saturated rings. The molecule has 94 heavy (non-hydrogen) atoms. The van der Waals surface area contributed by atoms with Crippen LogP contribution in [0.5, 0.6) is 0 Å². The summed E-state index contributed by atoms with van der Waals surface area (Å²) in [6, 6.07) is 34.1. The van der Waals surface area contributed by atoms with Gasteiger partial charge in [0.15, 0.2) is 5.60 Å². The van der Waals surface area contributed by atoms with E-state index in [1.165, 1.54) is 12.3 Å². The van der Waals surface area contributed by atoms with Crippen LogP contribution in [0.25, 0.3) is 22.5 Å². The third-order valence-electron chi connectivity index (χ3n) is 16.8. The van der Waals surface area contributed by atoms with Gasteiger partial charge < -0.3 is 34.0 Å². The summed E-state index contributed by atoms with van der Waals surface area (Å²) in [7, 11) is -0.385. The van der Waals surface area contributed by atoms with Gasteiger partial charge in [-0.15, -0.1) is 5.10 Å². The van der Waals surface area contributed by atoms with Gasteiger partial charge in [0.1, 0.15) is 49.4 Å². The quantitative estimate of drug-likeness (QED) is 0.0755. The smallest absolute Gasteiger partial charge is 0.399 e. The monoisotopic (exact) mass is 1320 g/mol. The molecule has 0 amide bonds. The number of hydrogen-bond acceptors (Lipinski definition) is 15. The average Bonchev–Trinajstić information content (AvgIpc) is 1.30. The van der Waals surface area contributed by atoms with Crippen LogP contribution in [0.1, 0.15) is 53.8 Å². The zero-order valence-corrected chi connectivity index (χ0v) is 49.9. The van der Waals surface area contributed by atoms with E-state index in [1.54, 1.807) is 36.4 Å². The van der Waals surface area contributed by atoms with Gasteiger partial charge in [0.25, 0.3) is 0 Å². The molecule has 0 aliphatic carbocycles. The highest BCUT2D eigenvalue weighted by Gasteiger charge is 2.58. The molecule has 0 radical (unpaired) electrons. The number of hydrogen-bond donors (Lipinski definition) is 1. The Labute approximate surface area is 533 Å². The van der Waals surface area contributed by atoms with Crippen LogP contribution in [0.15, 0.2) is 162 Å². The molecule has 3 aliphatic heterocycles. The Balaban J connectivity index is 0.000000229. The highest BCUT2D eigenvalue weighted by molar-refractivity contribution is 6.62. The number of benzene rings is 5. The van der Waals surface area contributed by atoms with E-state index in [1.807, 2.05) is 64.1 Å². The molecular formula is C63H68BF10N15O5. The van der Waals surface area contributed by atoms with Gasteiger partial charge >= 0.3 is 36.8 Å². The molecule has 498 valence electrons. The lowest BCUT2D eigenvalue weighted by Crippen LogP contribution is -2.48. The summed E-state index contributed by atoms with van der Waals surface area (Å²) in [5.41, 5.74) is -0.503. The van der Waals surface area contributed by atoms with Crippen molar-refractivity contribution in [2.45, 2.75) is 97.3 Å². The number of halogens is 10. The van der Waals surface area contributed by atoms with Crippen molar-refractivity contribution in [3.05, 3.63) is 196 Å². The largest absolute Gasteiger partial charge is 0.494 e. The van der Waals surface area contributed by atoms with Gasteiger partial charge in [0.05, 0.1) is 29.1 Å². The van der Waals surface area contributed by atoms with Crippen LogP contribution in [0, 0.1) is 11.6 Å². The zero-order chi connectivity index (χ0) is 65.5. The lowest BCUT2D eigenvalue weighted by molar-refractivity contribution is -0.207. The van der Waals surface area contributed by atoms with Crippen molar-refractivity contribution in [2.24, 2.45) is 0 Å². The van der Waals surface area contributed by atoms with Crippen LogP contribution < -0.4 is 36.4 Å². The molecule has 5 aromatic carbocycles. The molecule has 1 N–H and O–H groups in total. The first kappa shape index (κ1) is 69.0. The van der Waals surface area contributed by atoms with Crippen molar-refractivity contribution in [2.75, 3.05) is 72.0 Å². The highest BCUT2D eigenvalue weighted by atomic mass is 19.4. The van der Waals surface area contributed by atoms with Gasteiger partial charge in [-0.05, 0) is 140 Å². The highest BCUT2D eigenvalue weighted by Crippen LogP contribution is 2.47. The molecule has 31 heteroatoms. The second-order valence-electron chi connectivity index (χ2n) is 23.3. The molecule has 0 unspecified atom stereocenters. The van der Waals surface area contributed by atoms with Crippen molar-refractivity contribution in [3.63, 3.8) is 0 Å². The first-order valence-corrected chi connectivity index (χ1v) is 29.0. The van der Waals surface area contributed by atoms with E-state index in [0.29, 0.717) is 64.1 Å². The van der Waals surface area contributed by atoms with Crippen molar-refractivity contribution in [3.8, 4) is 22.5 Å². The fraction of sp³-hybridized carbons (Fsp3) is 0.365. The molecule has 20 nitrogen and oxygen atoms in total. The summed E-state index contributed by atoms with van der Waals surface area (Å²) in [4.78, 5) is 37.5. The second-order valence-corrected chi connectivity index (χ2v) is 23.3. The van der Waals surface area contributed by atoms with Crippen LogP contribution in [0.2, 0.25) is 0 Å². The van der Waals surface area contributed by atoms with Crippen molar-refractivity contribution < 1.29 is 58.3 Å². The fourth-order valence-corrected chi connectivity index (χ4v) is 11.0. The number of tetrazole rings is 1. The molecule has 0 bridgehead atoms. The third kappa shape index (κ3) is 14.7. The molecular weight excluding hydrogens is 1250 g/mol. The Kier molecular flexibility index (Phi) is 19.8. The lowest BCUT2D eigenvalue weighted by atomic mass is 9.79. The number of pyridine rings is 1. The topological polar surface area (TPSA) is 188 Å². The third-order valence-corrected chi connectivity index (χ3v) is 16.8. The van der Waals surface area contributed by atoms with E-state index in [4.69, 9.17) is 9.31 Å². The van der Waals surface area contributed by atoms with Gasteiger partial charge in [0, 0.05) is 98.5 Å². The van der Waals surface area contributed by atoms with E-state index in [0.717, 1.165) is 105 Å². The van der Waals surface area contributed by atoms with Crippen LogP contribution >= 0.6 is 0 Å². The molecule has 1 atom stereocenters. The summed E-state index contributed by atoms with van der Waals surface area (Å²) < 4.78 is 153. The van der Waals surface area contributed by atoms with Crippen LogP contribution in [0.3, 0.4) is 0 Å². The number of nitrogens with zero attached hydrogens (tertiary/aromatic N) is 15. The van der Waals surface area contributed by atoms with Crippen molar-refractivity contribution in [1.29, 1.82) is 0 Å². The van der Waals surface area contributed by atoms with Crippen LogP contribution in [0.4, 0.5) is 66.7 Å². The molecule has 0 spiro atoms. The summed E-state index contributed by atoms with van der Waals surface area (Å²) in [6.07, 6.45) is -4.73. The second kappa shape index (κ2) is 26.9. The number of alkyl halides is 8. The van der Waals surface area contributed by atoms with Gasteiger partial charge in [-0.1, -0.05) is 45.2 Å². The molecule has 3 saturated heterocycles. The Hall–Kier alpha value is -9.36. The SMILES string of the molecule is C.C.CC1(C)OB(c2ccc(N3CCN(c4ccc(-n5cnn(CC(F)(F)F)c5=O)cc4)CC3)cc2)OC1(C)C.O=c1n(-c2ccc(N3CCN(c4ccc(-c5ccc(C(F)(F)[C@](O)(Cn6cnnn6)c6ccc(F)cc6F)nc5)cc4)CC3)cc2)cnn1CC(F)(F)F. The zero-order valence-electron chi connectivity index (χ0n) is 49.9. The predicted molar refractivity (Wildman–Crippen MR) is 334 cm³/mol. The van der Waals surface area contributed by atoms with Crippen LogP contribution in [-0.4, -0.2) is 142 Å². The molecule has 4 aromatic heterocycles. The van der Waals surface area contributed by atoms with Crippen molar-refractivity contribution in [1.82, 2.24) is 53.9 Å². The van der Waals surface area contributed by atoms with E-state index < -0.39 is 77.8 Å².